The molecule has 0 saturated heterocycles. The molecule has 0 bridgehead atoms. The zero-order chi connectivity index (χ0) is 10.4. The molecule has 0 N–H and O–H groups in total. The largest absolute Gasteiger partial charge is 0.429 e. The smallest absolute Gasteiger partial charge is 0.227 e. The molecule has 0 spiro atoms. The lowest BCUT2D eigenvalue weighted by atomic mass is 10.2. The molecule has 0 aliphatic heterocycles. The van der Waals surface area contributed by atoms with Crippen molar-refractivity contribution in [1.29, 1.82) is 0 Å². The van der Waals surface area contributed by atoms with E-state index in [0.717, 1.165) is 12.0 Å². The second-order valence-electron chi connectivity index (χ2n) is 2.63. The van der Waals surface area contributed by atoms with E-state index >= 15 is 0 Å². The maximum absolute atomic E-state index is 5.30. The fourth-order valence-corrected chi connectivity index (χ4v) is 1.18. The van der Waals surface area contributed by atoms with Crippen LogP contribution in [0.15, 0.2) is 46.2 Å². The standard InChI is InChI=1S/C11H12BrNO/c1-3-5-6-7-9(4-2)11-13-8-10(12)14-11/h4-8H,2-3H2,1H3/b6-5-,9-7+. The molecule has 1 rings (SSSR count). The van der Waals surface area contributed by atoms with E-state index in [1.165, 1.54) is 0 Å². The van der Waals surface area contributed by atoms with E-state index < -0.39 is 0 Å². The number of hydrogen-bond donors (Lipinski definition) is 0. The van der Waals surface area contributed by atoms with E-state index in [1.807, 2.05) is 12.2 Å². The first-order chi connectivity index (χ1) is 6.77. The van der Waals surface area contributed by atoms with Gasteiger partial charge in [0.25, 0.3) is 0 Å². The van der Waals surface area contributed by atoms with Gasteiger partial charge >= 0.3 is 0 Å². The second kappa shape index (κ2) is 5.60. The molecule has 0 aliphatic rings. The average Bonchev–Trinajstić information content (AvgIpc) is 2.60. The van der Waals surface area contributed by atoms with Crippen molar-refractivity contribution >= 4 is 21.5 Å². The summed E-state index contributed by atoms with van der Waals surface area (Å²) >= 11 is 3.20. The van der Waals surface area contributed by atoms with Crippen LogP contribution in [-0.2, 0) is 0 Å². The van der Waals surface area contributed by atoms with Crippen LogP contribution >= 0.6 is 15.9 Å². The Bertz CT molecular complexity index is 363. The van der Waals surface area contributed by atoms with Gasteiger partial charge in [-0.25, -0.2) is 4.98 Å². The van der Waals surface area contributed by atoms with Gasteiger partial charge in [0.15, 0.2) is 4.67 Å². The molecule has 74 valence electrons. The number of hydrogen-bond acceptors (Lipinski definition) is 2. The van der Waals surface area contributed by atoms with Crippen molar-refractivity contribution in [2.45, 2.75) is 13.3 Å². The van der Waals surface area contributed by atoms with Crippen molar-refractivity contribution < 1.29 is 4.42 Å². The molecule has 1 aromatic rings. The summed E-state index contributed by atoms with van der Waals surface area (Å²) in [5.74, 6) is 0.577. The van der Waals surface area contributed by atoms with Gasteiger partial charge in [0, 0.05) is 5.57 Å². The summed E-state index contributed by atoms with van der Waals surface area (Å²) in [6.45, 7) is 5.79. The van der Waals surface area contributed by atoms with Crippen molar-refractivity contribution in [2.75, 3.05) is 0 Å². The SMILES string of the molecule is C=C/C(=C\C=C/CC)c1ncc(Br)o1. The highest BCUT2D eigenvalue weighted by molar-refractivity contribution is 9.10. The number of aromatic nitrogens is 1. The number of halogens is 1. The first-order valence-electron chi connectivity index (χ1n) is 4.39. The Morgan fingerprint density at radius 2 is 2.50 bits per heavy atom. The highest BCUT2D eigenvalue weighted by atomic mass is 79.9. The van der Waals surface area contributed by atoms with Gasteiger partial charge in [0.05, 0.1) is 6.20 Å². The third-order valence-corrected chi connectivity index (χ3v) is 1.96. The summed E-state index contributed by atoms with van der Waals surface area (Å²) in [5.41, 5.74) is 0.875. The summed E-state index contributed by atoms with van der Waals surface area (Å²) in [6.07, 6.45) is 10.3. The van der Waals surface area contributed by atoms with Gasteiger partial charge in [-0.15, -0.1) is 0 Å². The first-order valence-corrected chi connectivity index (χ1v) is 5.18. The summed E-state index contributed by atoms with van der Waals surface area (Å²) in [6, 6.07) is 0. The minimum atomic E-state index is 0.577. The molecule has 0 aliphatic carbocycles. The molecular formula is C11H12BrNO. The van der Waals surface area contributed by atoms with E-state index in [9.17, 15) is 0 Å². The fourth-order valence-electron chi connectivity index (χ4n) is 0.922. The van der Waals surface area contributed by atoms with Gasteiger partial charge in [-0.3, -0.25) is 0 Å². The quantitative estimate of drug-likeness (QED) is 0.760. The Balaban J connectivity index is 2.86. The predicted molar refractivity (Wildman–Crippen MR) is 61.8 cm³/mol. The number of oxazole rings is 1. The van der Waals surface area contributed by atoms with Crippen LogP contribution < -0.4 is 0 Å². The molecule has 0 aromatic carbocycles. The van der Waals surface area contributed by atoms with E-state index in [-0.39, 0.29) is 0 Å². The van der Waals surface area contributed by atoms with Crippen LogP contribution in [0.2, 0.25) is 0 Å². The highest BCUT2D eigenvalue weighted by Gasteiger charge is 2.03. The van der Waals surface area contributed by atoms with Gasteiger partial charge in [-0.2, -0.15) is 0 Å². The number of allylic oxidation sites excluding steroid dienone is 5. The minimum Gasteiger partial charge on any atom is -0.429 e. The lowest BCUT2D eigenvalue weighted by Crippen LogP contribution is -1.77. The predicted octanol–water partition coefficient (Wildman–Crippen LogP) is 3.97. The topological polar surface area (TPSA) is 26.0 Å². The van der Waals surface area contributed by atoms with Crippen molar-refractivity contribution in [2.24, 2.45) is 0 Å². The summed E-state index contributed by atoms with van der Waals surface area (Å²) in [5, 5.41) is 0. The van der Waals surface area contributed by atoms with Crippen LogP contribution in [0.25, 0.3) is 5.57 Å². The van der Waals surface area contributed by atoms with Crippen LogP contribution in [0.3, 0.4) is 0 Å². The van der Waals surface area contributed by atoms with Gasteiger partial charge < -0.3 is 4.42 Å². The lowest BCUT2D eigenvalue weighted by Gasteiger charge is -1.92. The summed E-state index contributed by atoms with van der Waals surface area (Å²) in [4.78, 5) is 4.08. The summed E-state index contributed by atoms with van der Waals surface area (Å²) < 4.78 is 5.92. The molecule has 0 unspecified atom stereocenters. The highest BCUT2D eigenvalue weighted by Crippen LogP contribution is 2.18. The summed E-state index contributed by atoms with van der Waals surface area (Å²) in [7, 11) is 0. The molecule has 0 amide bonds. The first kappa shape index (κ1) is 11.0. The normalized spacial score (nSPS) is 12.3. The van der Waals surface area contributed by atoms with Crippen molar-refractivity contribution in [1.82, 2.24) is 4.98 Å². The third-order valence-electron chi connectivity index (χ3n) is 1.59. The Kier molecular flexibility index (Phi) is 4.40. The Morgan fingerprint density at radius 1 is 1.71 bits per heavy atom. The molecule has 14 heavy (non-hydrogen) atoms. The maximum Gasteiger partial charge on any atom is 0.227 e. The van der Waals surface area contributed by atoms with E-state index in [0.29, 0.717) is 10.6 Å². The molecular weight excluding hydrogens is 242 g/mol. The molecule has 1 heterocycles. The van der Waals surface area contributed by atoms with E-state index in [2.05, 4.69) is 40.5 Å². The van der Waals surface area contributed by atoms with Crippen LogP contribution in [-0.4, -0.2) is 4.98 Å². The average molecular weight is 254 g/mol. The van der Waals surface area contributed by atoms with Crippen LogP contribution in [0.4, 0.5) is 0 Å². The lowest BCUT2D eigenvalue weighted by molar-refractivity contribution is 0.520. The molecule has 2 nitrogen and oxygen atoms in total. The van der Waals surface area contributed by atoms with Crippen LogP contribution in [0.1, 0.15) is 19.2 Å². The number of rotatable bonds is 4. The second-order valence-corrected chi connectivity index (χ2v) is 3.41. The Hall–Kier alpha value is -1.09. The molecule has 3 heteroatoms. The zero-order valence-electron chi connectivity index (χ0n) is 8.03. The van der Waals surface area contributed by atoms with E-state index in [1.54, 1.807) is 12.3 Å². The van der Waals surface area contributed by atoms with Crippen molar-refractivity contribution in [3.63, 3.8) is 0 Å². The van der Waals surface area contributed by atoms with Gasteiger partial charge in [-0.1, -0.05) is 31.7 Å². The third kappa shape index (κ3) is 3.00. The Morgan fingerprint density at radius 3 is 3.00 bits per heavy atom. The Labute approximate surface area is 92.2 Å². The maximum atomic E-state index is 5.30. The van der Waals surface area contributed by atoms with E-state index in [4.69, 9.17) is 4.42 Å². The molecule has 0 atom stereocenters. The van der Waals surface area contributed by atoms with Gasteiger partial charge in [0.1, 0.15) is 0 Å². The monoisotopic (exact) mass is 253 g/mol. The number of nitrogens with zero attached hydrogens (tertiary/aromatic N) is 1. The fraction of sp³-hybridized carbons (Fsp3) is 0.182. The molecule has 0 fully saturated rings. The molecule has 0 radical (unpaired) electrons. The van der Waals surface area contributed by atoms with Crippen molar-refractivity contribution in [3.05, 3.63) is 47.6 Å². The molecule has 1 aromatic heterocycles. The zero-order valence-corrected chi connectivity index (χ0v) is 9.62. The van der Waals surface area contributed by atoms with Crippen molar-refractivity contribution in [3.8, 4) is 0 Å². The minimum absolute atomic E-state index is 0.577. The van der Waals surface area contributed by atoms with Gasteiger partial charge in [0.2, 0.25) is 5.89 Å². The van der Waals surface area contributed by atoms with Crippen LogP contribution in [0, 0.1) is 0 Å². The van der Waals surface area contributed by atoms with Gasteiger partial charge in [-0.05, 0) is 28.4 Å². The van der Waals surface area contributed by atoms with Crippen LogP contribution in [0.5, 0.6) is 0 Å². The molecule has 0 saturated carbocycles.